The molecule has 0 saturated heterocycles. The monoisotopic (exact) mass is 266 g/mol. The largest absolute Gasteiger partial charge is 0.326 e. The van der Waals surface area contributed by atoms with Crippen LogP contribution in [0.25, 0.3) is 0 Å². The van der Waals surface area contributed by atoms with Crippen LogP contribution >= 0.6 is 11.8 Å². The first-order valence-electron chi connectivity index (χ1n) is 6.24. The van der Waals surface area contributed by atoms with E-state index < -0.39 is 0 Å². The summed E-state index contributed by atoms with van der Waals surface area (Å²) in [5.74, 6) is 1.10. The highest BCUT2D eigenvalue weighted by molar-refractivity contribution is 7.98. The van der Waals surface area contributed by atoms with Gasteiger partial charge in [-0.05, 0) is 30.4 Å². The number of hydrogen-bond donors (Lipinski definition) is 2. The maximum atomic E-state index is 10.9. The Morgan fingerprint density at radius 2 is 2.00 bits per heavy atom. The van der Waals surface area contributed by atoms with E-state index in [1.54, 1.807) is 0 Å². The minimum atomic E-state index is -0.0353. The van der Waals surface area contributed by atoms with Crippen molar-refractivity contribution < 1.29 is 4.79 Å². The highest BCUT2D eigenvalue weighted by atomic mass is 32.2. The van der Waals surface area contributed by atoms with Crippen molar-refractivity contribution in [1.82, 2.24) is 5.32 Å². The van der Waals surface area contributed by atoms with Crippen LogP contribution in [0.5, 0.6) is 0 Å². The van der Waals surface area contributed by atoms with Gasteiger partial charge in [-0.2, -0.15) is 11.8 Å². The van der Waals surface area contributed by atoms with Crippen LogP contribution in [0.4, 0.5) is 5.69 Å². The Morgan fingerprint density at radius 3 is 2.50 bits per heavy atom. The van der Waals surface area contributed by atoms with E-state index in [1.165, 1.54) is 12.5 Å². The van der Waals surface area contributed by atoms with Crippen LogP contribution in [0.1, 0.15) is 25.8 Å². The first-order chi connectivity index (χ1) is 8.65. The van der Waals surface area contributed by atoms with E-state index in [4.69, 9.17) is 0 Å². The average Bonchev–Trinajstić information content (AvgIpc) is 2.35. The smallest absolute Gasteiger partial charge is 0.221 e. The molecule has 0 heterocycles. The van der Waals surface area contributed by atoms with Gasteiger partial charge < -0.3 is 10.6 Å². The number of hydrogen-bond acceptors (Lipinski definition) is 3. The number of benzene rings is 1. The topological polar surface area (TPSA) is 41.1 Å². The van der Waals surface area contributed by atoms with Crippen molar-refractivity contribution in [2.24, 2.45) is 0 Å². The highest BCUT2D eigenvalue weighted by Gasteiger charge is 2.04. The summed E-state index contributed by atoms with van der Waals surface area (Å²) in [6, 6.07) is 8.53. The molecule has 0 radical (unpaired) electrons. The van der Waals surface area contributed by atoms with Gasteiger partial charge >= 0.3 is 0 Å². The van der Waals surface area contributed by atoms with Crippen molar-refractivity contribution >= 4 is 23.4 Å². The molecule has 100 valence electrons. The van der Waals surface area contributed by atoms with Crippen molar-refractivity contribution in [2.45, 2.75) is 32.9 Å². The number of amides is 1. The van der Waals surface area contributed by atoms with Crippen molar-refractivity contribution in [3.05, 3.63) is 29.8 Å². The van der Waals surface area contributed by atoms with E-state index in [1.807, 2.05) is 36.0 Å². The molecule has 2 N–H and O–H groups in total. The lowest BCUT2D eigenvalue weighted by atomic mass is 10.2. The van der Waals surface area contributed by atoms with E-state index in [-0.39, 0.29) is 5.91 Å². The molecule has 1 rings (SSSR count). The third-order valence-corrected chi connectivity index (χ3v) is 3.47. The van der Waals surface area contributed by atoms with Gasteiger partial charge in [-0.15, -0.1) is 0 Å². The molecule has 0 bridgehead atoms. The van der Waals surface area contributed by atoms with Gasteiger partial charge in [0.1, 0.15) is 0 Å². The third-order valence-electron chi connectivity index (χ3n) is 2.73. The fourth-order valence-corrected chi connectivity index (χ4v) is 2.45. The number of carbonyl (C=O) groups is 1. The Balaban J connectivity index is 2.45. The predicted octanol–water partition coefficient (Wildman–Crippen LogP) is 2.88. The van der Waals surface area contributed by atoms with E-state index in [2.05, 4.69) is 23.8 Å². The molecule has 4 heteroatoms. The quantitative estimate of drug-likeness (QED) is 0.797. The average molecular weight is 266 g/mol. The maximum absolute atomic E-state index is 10.9. The number of rotatable bonds is 7. The minimum absolute atomic E-state index is 0.0353. The van der Waals surface area contributed by atoms with Crippen LogP contribution in [0.2, 0.25) is 0 Å². The standard InChI is InChI=1S/C14H22N2OS/c1-4-13(10-18-3)15-9-12-5-7-14(8-6-12)16-11(2)17/h5-8,13,15H,4,9-10H2,1-3H3,(H,16,17). The molecule has 1 unspecified atom stereocenters. The molecule has 0 aliphatic carbocycles. The fourth-order valence-electron chi connectivity index (χ4n) is 1.69. The molecule has 0 aliphatic rings. The molecule has 0 saturated carbocycles. The lowest BCUT2D eigenvalue weighted by Crippen LogP contribution is -2.30. The van der Waals surface area contributed by atoms with Crippen molar-refractivity contribution in [3.8, 4) is 0 Å². The molecular weight excluding hydrogens is 244 g/mol. The fraction of sp³-hybridized carbons (Fsp3) is 0.500. The summed E-state index contributed by atoms with van der Waals surface area (Å²) < 4.78 is 0. The summed E-state index contributed by atoms with van der Waals surface area (Å²) in [6.45, 7) is 4.59. The van der Waals surface area contributed by atoms with Gasteiger partial charge in [0.2, 0.25) is 5.91 Å². The lowest BCUT2D eigenvalue weighted by Gasteiger charge is -2.15. The minimum Gasteiger partial charge on any atom is -0.326 e. The van der Waals surface area contributed by atoms with E-state index in [0.717, 1.165) is 24.4 Å². The zero-order valence-electron chi connectivity index (χ0n) is 11.3. The highest BCUT2D eigenvalue weighted by Crippen LogP contribution is 2.10. The Morgan fingerprint density at radius 1 is 1.33 bits per heavy atom. The summed E-state index contributed by atoms with van der Waals surface area (Å²) in [5, 5.41) is 6.30. The van der Waals surface area contributed by atoms with Crippen LogP contribution in [0.15, 0.2) is 24.3 Å². The first kappa shape index (κ1) is 15.1. The number of thioether (sulfide) groups is 1. The number of nitrogens with one attached hydrogen (secondary N) is 2. The van der Waals surface area contributed by atoms with Crippen LogP contribution in [0, 0.1) is 0 Å². The van der Waals surface area contributed by atoms with Crippen LogP contribution in [-0.2, 0) is 11.3 Å². The second kappa shape index (κ2) is 8.16. The molecule has 0 aromatic heterocycles. The summed E-state index contributed by atoms with van der Waals surface area (Å²) >= 11 is 1.87. The Bertz CT molecular complexity index is 365. The van der Waals surface area contributed by atoms with Crippen LogP contribution in [-0.4, -0.2) is 24.0 Å². The molecule has 1 amide bonds. The summed E-state index contributed by atoms with van der Waals surface area (Å²) in [6.07, 6.45) is 3.28. The normalized spacial score (nSPS) is 12.2. The zero-order valence-corrected chi connectivity index (χ0v) is 12.1. The lowest BCUT2D eigenvalue weighted by molar-refractivity contribution is -0.114. The molecule has 1 aromatic rings. The predicted molar refractivity (Wildman–Crippen MR) is 80.0 cm³/mol. The molecule has 1 atom stereocenters. The summed E-state index contributed by atoms with van der Waals surface area (Å²) in [4.78, 5) is 10.9. The summed E-state index contributed by atoms with van der Waals surface area (Å²) in [5.41, 5.74) is 2.09. The molecule has 0 spiro atoms. The number of carbonyl (C=O) groups excluding carboxylic acids is 1. The van der Waals surface area contributed by atoms with Gasteiger partial charge in [-0.3, -0.25) is 4.79 Å². The second-order valence-corrected chi connectivity index (χ2v) is 5.23. The Kier molecular flexibility index (Phi) is 6.83. The van der Waals surface area contributed by atoms with Gasteiger partial charge in [0.25, 0.3) is 0 Å². The molecule has 0 fully saturated rings. The van der Waals surface area contributed by atoms with Crippen molar-refractivity contribution in [1.29, 1.82) is 0 Å². The Hall–Kier alpha value is -1.00. The third kappa shape index (κ3) is 5.56. The van der Waals surface area contributed by atoms with E-state index in [0.29, 0.717) is 6.04 Å². The van der Waals surface area contributed by atoms with Crippen molar-refractivity contribution in [3.63, 3.8) is 0 Å². The van der Waals surface area contributed by atoms with E-state index >= 15 is 0 Å². The summed E-state index contributed by atoms with van der Waals surface area (Å²) in [7, 11) is 0. The second-order valence-electron chi connectivity index (χ2n) is 4.32. The van der Waals surface area contributed by atoms with Gasteiger partial charge in [-0.25, -0.2) is 0 Å². The van der Waals surface area contributed by atoms with Crippen LogP contribution in [0.3, 0.4) is 0 Å². The van der Waals surface area contributed by atoms with Crippen molar-refractivity contribution in [2.75, 3.05) is 17.3 Å². The zero-order chi connectivity index (χ0) is 13.4. The van der Waals surface area contributed by atoms with Gasteiger partial charge in [-0.1, -0.05) is 19.1 Å². The van der Waals surface area contributed by atoms with Gasteiger partial charge in [0.15, 0.2) is 0 Å². The molecule has 18 heavy (non-hydrogen) atoms. The molecule has 0 aliphatic heterocycles. The maximum Gasteiger partial charge on any atom is 0.221 e. The van der Waals surface area contributed by atoms with Gasteiger partial charge in [0, 0.05) is 31.0 Å². The SMILES string of the molecule is CCC(CSC)NCc1ccc(NC(C)=O)cc1. The Labute approximate surface area is 114 Å². The number of anilines is 1. The molecular formula is C14H22N2OS. The van der Waals surface area contributed by atoms with E-state index in [9.17, 15) is 4.79 Å². The van der Waals surface area contributed by atoms with Crippen LogP contribution < -0.4 is 10.6 Å². The molecule has 1 aromatic carbocycles. The first-order valence-corrected chi connectivity index (χ1v) is 7.64. The van der Waals surface area contributed by atoms with Gasteiger partial charge in [0.05, 0.1) is 0 Å². The molecule has 3 nitrogen and oxygen atoms in total.